The van der Waals surface area contributed by atoms with E-state index in [0.29, 0.717) is 28.1 Å². The fraction of sp³-hybridized carbons (Fsp3) is 0.600. The second-order valence-corrected chi connectivity index (χ2v) is 7.70. The van der Waals surface area contributed by atoms with Crippen LogP contribution in [0.4, 0.5) is 5.69 Å². The molecule has 1 aromatic rings. The number of methoxy groups -OCH3 is 3. The first-order chi connectivity index (χ1) is 13.5. The molecular weight excluding hydrogens is 384 g/mol. The average Bonchev–Trinajstić information content (AvgIpc) is 3.06. The number of benzene rings is 1. The van der Waals surface area contributed by atoms with Gasteiger partial charge in [0.25, 0.3) is 0 Å². The highest BCUT2D eigenvalue weighted by atomic mass is 35.5. The molecule has 8 heteroatoms. The largest absolute Gasteiger partial charge is 0.495 e. The van der Waals surface area contributed by atoms with Crippen LogP contribution >= 0.6 is 11.6 Å². The molecule has 1 aliphatic carbocycles. The Labute approximate surface area is 170 Å². The predicted octanol–water partition coefficient (Wildman–Crippen LogP) is 3.10. The molecule has 1 amide bonds. The zero-order chi connectivity index (χ0) is 20.3. The number of nitrogens with one attached hydrogen (secondary N) is 1. The van der Waals surface area contributed by atoms with Crippen LogP contribution in [0.15, 0.2) is 12.1 Å². The third-order valence-corrected chi connectivity index (χ3v) is 6.06. The van der Waals surface area contributed by atoms with Crippen LogP contribution in [0.1, 0.15) is 32.1 Å². The van der Waals surface area contributed by atoms with Crippen LogP contribution in [-0.4, -0.2) is 56.7 Å². The van der Waals surface area contributed by atoms with Crippen LogP contribution in [0.2, 0.25) is 5.02 Å². The molecule has 154 valence electrons. The highest BCUT2D eigenvalue weighted by molar-refractivity contribution is 6.32. The second-order valence-electron chi connectivity index (χ2n) is 7.29. The summed E-state index contributed by atoms with van der Waals surface area (Å²) in [5.74, 6) is 0.866. The number of hydrogen-bond donors (Lipinski definition) is 1. The molecule has 1 aliphatic heterocycles. The monoisotopic (exact) mass is 410 g/mol. The molecule has 28 heavy (non-hydrogen) atoms. The maximum atomic E-state index is 12.8. The maximum absolute atomic E-state index is 12.8. The molecule has 1 heterocycles. The lowest BCUT2D eigenvalue weighted by atomic mass is 9.85. The van der Waals surface area contributed by atoms with E-state index in [1.54, 1.807) is 12.1 Å². The molecule has 7 nitrogen and oxygen atoms in total. The molecule has 1 aromatic carbocycles. The van der Waals surface area contributed by atoms with Gasteiger partial charge in [-0.05, 0) is 31.2 Å². The van der Waals surface area contributed by atoms with E-state index in [2.05, 4.69) is 5.32 Å². The van der Waals surface area contributed by atoms with Crippen molar-refractivity contribution in [3.63, 3.8) is 0 Å². The van der Waals surface area contributed by atoms with Crippen LogP contribution in [0.5, 0.6) is 11.5 Å². The minimum Gasteiger partial charge on any atom is -0.495 e. The molecule has 0 radical (unpaired) electrons. The van der Waals surface area contributed by atoms with Crippen LogP contribution in [-0.2, 0) is 14.3 Å². The quantitative estimate of drug-likeness (QED) is 0.726. The molecule has 1 N–H and O–H groups in total. The minimum absolute atomic E-state index is 0.119. The summed E-state index contributed by atoms with van der Waals surface area (Å²) in [6.45, 7) is 0.119. The van der Waals surface area contributed by atoms with Crippen molar-refractivity contribution in [2.75, 3.05) is 33.2 Å². The lowest BCUT2D eigenvalue weighted by Gasteiger charge is -2.32. The van der Waals surface area contributed by atoms with Gasteiger partial charge in [-0.1, -0.05) is 24.4 Å². The van der Waals surface area contributed by atoms with Crippen LogP contribution in [0.3, 0.4) is 0 Å². The van der Waals surface area contributed by atoms with Crippen LogP contribution < -0.4 is 14.8 Å². The first-order valence-corrected chi connectivity index (χ1v) is 9.91. The SMILES string of the molecule is COC(=O)C1CC2CCCCC2N1CC(=O)Nc1cc(Cl)c(OC)cc1OC. The summed E-state index contributed by atoms with van der Waals surface area (Å²) in [6, 6.07) is 3.10. The van der Waals surface area contributed by atoms with Crippen molar-refractivity contribution in [3.05, 3.63) is 17.2 Å². The lowest BCUT2D eigenvalue weighted by Crippen LogP contribution is -2.46. The molecule has 3 rings (SSSR count). The number of nitrogens with zero attached hydrogens (tertiary/aromatic N) is 1. The van der Waals surface area contributed by atoms with Crippen molar-refractivity contribution in [3.8, 4) is 11.5 Å². The summed E-state index contributed by atoms with van der Waals surface area (Å²) in [4.78, 5) is 27.1. The van der Waals surface area contributed by atoms with Crippen molar-refractivity contribution in [2.24, 2.45) is 5.92 Å². The summed E-state index contributed by atoms with van der Waals surface area (Å²) in [5.41, 5.74) is 0.465. The molecule has 3 unspecified atom stereocenters. The van der Waals surface area contributed by atoms with E-state index in [4.69, 9.17) is 25.8 Å². The Morgan fingerprint density at radius 1 is 1.14 bits per heavy atom. The number of ether oxygens (including phenoxy) is 3. The Balaban J connectivity index is 1.75. The van der Waals surface area contributed by atoms with Gasteiger partial charge in [-0.2, -0.15) is 0 Å². The summed E-state index contributed by atoms with van der Waals surface area (Å²) in [5, 5.41) is 3.23. The smallest absolute Gasteiger partial charge is 0.323 e. The van der Waals surface area contributed by atoms with Crippen molar-refractivity contribution < 1.29 is 23.8 Å². The Morgan fingerprint density at radius 2 is 1.86 bits per heavy atom. The molecule has 0 aromatic heterocycles. The van der Waals surface area contributed by atoms with Gasteiger partial charge in [0.05, 0.1) is 38.6 Å². The van der Waals surface area contributed by atoms with Crippen LogP contribution in [0.25, 0.3) is 0 Å². The average molecular weight is 411 g/mol. The molecule has 1 saturated carbocycles. The molecule has 1 saturated heterocycles. The standard InChI is InChI=1S/C20H27ClN2O5/c1-26-17-10-18(27-2)14(9-13(17)21)22-19(24)11-23-15-7-5-4-6-12(15)8-16(23)20(25)28-3/h9-10,12,15-16H,4-8,11H2,1-3H3,(H,22,24). The number of carbonyl (C=O) groups is 2. The summed E-state index contributed by atoms with van der Waals surface area (Å²) < 4.78 is 15.5. The molecule has 3 atom stereocenters. The van der Waals surface area contributed by atoms with Gasteiger partial charge in [-0.3, -0.25) is 14.5 Å². The van der Waals surface area contributed by atoms with Crippen molar-refractivity contribution >= 4 is 29.2 Å². The second kappa shape index (κ2) is 9.01. The minimum atomic E-state index is -0.370. The first-order valence-electron chi connectivity index (χ1n) is 9.53. The van der Waals surface area contributed by atoms with E-state index in [1.807, 2.05) is 4.90 Å². The number of esters is 1. The summed E-state index contributed by atoms with van der Waals surface area (Å²) in [6.07, 6.45) is 5.15. The molecule has 2 aliphatic rings. The third kappa shape index (κ3) is 4.20. The fourth-order valence-corrected chi connectivity index (χ4v) is 4.70. The number of anilines is 1. The normalized spacial score (nSPS) is 24.4. The number of rotatable bonds is 6. The number of carbonyl (C=O) groups excluding carboxylic acids is 2. The molecule has 2 fully saturated rings. The zero-order valence-electron chi connectivity index (χ0n) is 16.5. The fourth-order valence-electron chi connectivity index (χ4n) is 4.46. The van der Waals surface area contributed by atoms with E-state index < -0.39 is 0 Å². The Hall–Kier alpha value is -1.99. The van der Waals surface area contributed by atoms with Crippen molar-refractivity contribution in [1.82, 2.24) is 4.90 Å². The number of amides is 1. The number of likely N-dealkylation sites (tertiary alicyclic amines) is 1. The zero-order valence-corrected chi connectivity index (χ0v) is 17.3. The highest BCUT2D eigenvalue weighted by Gasteiger charge is 2.46. The summed E-state index contributed by atoms with van der Waals surface area (Å²) >= 11 is 6.18. The molecule has 0 bridgehead atoms. The topological polar surface area (TPSA) is 77.1 Å². The van der Waals surface area contributed by atoms with Gasteiger partial charge in [-0.25, -0.2) is 0 Å². The first kappa shape index (κ1) is 20.7. The van der Waals surface area contributed by atoms with E-state index in [-0.39, 0.29) is 30.5 Å². The van der Waals surface area contributed by atoms with Gasteiger partial charge in [0.1, 0.15) is 17.5 Å². The molecule has 0 spiro atoms. The number of hydrogen-bond acceptors (Lipinski definition) is 6. The van der Waals surface area contributed by atoms with Crippen molar-refractivity contribution in [1.29, 1.82) is 0 Å². The predicted molar refractivity (Wildman–Crippen MR) is 106 cm³/mol. The van der Waals surface area contributed by atoms with Gasteiger partial charge in [0.15, 0.2) is 0 Å². The lowest BCUT2D eigenvalue weighted by molar-refractivity contribution is -0.146. The Kier molecular flexibility index (Phi) is 6.67. The Bertz CT molecular complexity index is 742. The van der Waals surface area contributed by atoms with E-state index in [1.165, 1.54) is 27.8 Å². The highest BCUT2D eigenvalue weighted by Crippen LogP contribution is 2.40. The third-order valence-electron chi connectivity index (χ3n) is 5.77. The number of fused-ring (bicyclic) bond motifs is 1. The van der Waals surface area contributed by atoms with Gasteiger partial charge < -0.3 is 19.5 Å². The molecular formula is C20H27ClN2O5. The van der Waals surface area contributed by atoms with E-state index in [0.717, 1.165) is 25.7 Å². The van der Waals surface area contributed by atoms with Gasteiger partial charge in [0.2, 0.25) is 5.91 Å². The number of halogens is 1. The Morgan fingerprint density at radius 3 is 2.54 bits per heavy atom. The van der Waals surface area contributed by atoms with Gasteiger partial charge in [-0.15, -0.1) is 0 Å². The van der Waals surface area contributed by atoms with E-state index in [9.17, 15) is 9.59 Å². The van der Waals surface area contributed by atoms with E-state index >= 15 is 0 Å². The van der Waals surface area contributed by atoms with Gasteiger partial charge >= 0.3 is 5.97 Å². The van der Waals surface area contributed by atoms with Crippen LogP contribution in [0, 0.1) is 5.92 Å². The van der Waals surface area contributed by atoms with Crippen molar-refractivity contribution in [2.45, 2.75) is 44.2 Å². The van der Waals surface area contributed by atoms with Gasteiger partial charge in [0, 0.05) is 12.1 Å². The summed E-state index contributed by atoms with van der Waals surface area (Å²) in [7, 11) is 4.42. The maximum Gasteiger partial charge on any atom is 0.323 e.